The fraction of sp³-hybridized carbons (Fsp3) is 0.643. The van der Waals surface area contributed by atoms with E-state index in [1.807, 2.05) is 6.20 Å². The Bertz CT molecular complexity index is 1310. The second-order valence-electron chi connectivity index (χ2n) is 10.9. The van der Waals surface area contributed by atoms with Crippen molar-refractivity contribution < 1.29 is 19.1 Å². The van der Waals surface area contributed by atoms with Crippen molar-refractivity contribution in [2.45, 2.75) is 76.9 Å². The van der Waals surface area contributed by atoms with Crippen molar-refractivity contribution in [2.24, 2.45) is 13.0 Å². The number of fused-ring (bicyclic) bond motifs is 1. The lowest BCUT2D eigenvalue weighted by Gasteiger charge is -2.26. The van der Waals surface area contributed by atoms with Crippen molar-refractivity contribution in [3.05, 3.63) is 41.2 Å². The minimum Gasteiger partial charge on any atom is -0.381 e. The summed E-state index contributed by atoms with van der Waals surface area (Å²) >= 11 is 0. The Balaban J connectivity index is 1.46. The molecule has 2 N–H and O–H groups in total. The van der Waals surface area contributed by atoms with Crippen LogP contribution in [0.2, 0.25) is 0 Å². The van der Waals surface area contributed by atoms with Gasteiger partial charge in [0.15, 0.2) is 0 Å². The largest absolute Gasteiger partial charge is 0.381 e. The van der Waals surface area contributed by atoms with Crippen molar-refractivity contribution in [2.75, 3.05) is 26.4 Å². The number of rotatable bonds is 11. The molecule has 5 rings (SSSR count). The SMILES string of the molecule is CCC(C)CCCC(NC(=O)c1ccnn1C)c1cn2nc(CC3OCCNC3=O)c(C3CCOCC3)nc2n1. The third kappa shape index (κ3) is 6.49. The van der Waals surface area contributed by atoms with E-state index in [0.717, 1.165) is 49.9 Å². The van der Waals surface area contributed by atoms with Crippen molar-refractivity contribution in [1.82, 2.24) is 40.0 Å². The van der Waals surface area contributed by atoms with Crippen LogP contribution < -0.4 is 10.6 Å². The summed E-state index contributed by atoms with van der Waals surface area (Å²) < 4.78 is 14.6. The summed E-state index contributed by atoms with van der Waals surface area (Å²) in [6, 6.07) is 1.39. The topological polar surface area (TPSA) is 138 Å². The molecule has 2 saturated heterocycles. The maximum atomic E-state index is 13.1. The molecule has 2 aliphatic rings. The molecule has 216 valence electrons. The first kappa shape index (κ1) is 28.2. The quantitative estimate of drug-likeness (QED) is 0.370. The predicted molar refractivity (Wildman–Crippen MR) is 147 cm³/mol. The van der Waals surface area contributed by atoms with Gasteiger partial charge in [0.05, 0.1) is 35.9 Å². The van der Waals surface area contributed by atoms with Gasteiger partial charge in [-0.15, -0.1) is 0 Å². The van der Waals surface area contributed by atoms with Gasteiger partial charge in [-0.1, -0.05) is 33.1 Å². The van der Waals surface area contributed by atoms with E-state index in [-0.39, 0.29) is 23.8 Å². The number of nitrogens with one attached hydrogen (secondary N) is 2. The number of aryl methyl sites for hydroxylation is 1. The molecular formula is C28H40N8O4. The number of amides is 2. The van der Waals surface area contributed by atoms with Crippen molar-refractivity contribution in [3.63, 3.8) is 0 Å². The molecule has 0 bridgehead atoms. The number of carbonyl (C=O) groups is 2. The lowest BCUT2D eigenvalue weighted by Crippen LogP contribution is -2.45. The van der Waals surface area contributed by atoms with E-state index in [4.69, 9.17) is 24.5 Å². The zero-order valence-corrected chi connectivity index (χ0v) is 23.6. The number of imidazole rings is 1. The molecule has 0 spiro atoms. The van der Waals surface area contributed by atoms with E-state index in [1.165, 1.54) is 0 Å². The van der Waals surface area contributed by atoms with E-state index >= 15 is 0 Å². The van der Waals surface area contributed by atoms with Gasteiger partial charge in [-0.3, -0.25) is 14.3 Å². The average Bonchev–Trinajstić information content (AvgIpc) is 3.59. The Morgan fingerprint density at radius 3 is 2.77 bits per heavy atom. The standard InChI is InChI=1S/C28H40N8O4/c1-4-18(2)6-5-7-20(31-26(37)23-8-11-30-35(23)3)22-17-36-28(32-22)33-25(19-9-13-39-14-10-19)21(34-36)16-24-27(38)29-12-15-40-24/h8,11,17-20,24H,4-7,9-10,12-16H2,1-3H3,(H,29,38)(H,31,37). The maximum Gasteiger partial charge on any atom is 0.270 e. The lowest BCUT2D eigenvalue weighted by molar-refractivity contribution is -0.137. The Hall–Kier alpha value is -3.38. The van der Waals surface area contributed by atoms with Crippen LogP contribution in [0, 0.1) is 5.92 Å². The smallest absolute Gasteiger partial charge is 0.270 e. The summed E-state index contributed by atoms with van der Waals surface area (Å²) in [7, 11) is 1.75. The van der Waals surface area contributed by atoms with Crippen LogP contribution in [0.3, 0.4) is 0 Å². The molecule has 3 aromatic rings. The van der Waals surface area contributed by atoms with Crippen LogP contribution in [0.25, 0.3) is 5.78 Å². The monoisotopic (exact) mass is 552 g/mol. The molecule has 3 aromatic heterocycles. The van der Waals surface area contributed by atoms with Crippen LogP contribution in [0.5, 0.6) is 0 Å². The second-order valence-corrected chi connectivity index (χ2v) is 10.9. The van der Waals surface area contributed by atoms with E-state index in [1.54, 1.807) is 28.5 Å². The van der Waals surface area contributed by atoms with Gasteiger partial charge < -0.3 is 20.1 Å². The molecule has 5 heterocycles. The summed E-state index contributed by atoms with van der Waals surface area (Å²) in [5.74, 6) is 0.939. The molecule has 0 radical (unpaired) electrons. The number of aromatic nitrogens is 6. The van der Waals surface area contributed by atoms with Crippen LogP contribution in [0.15, 0.2) is 18.5 Å². The van der Waals surface area contributed by atoms with E-state index in [0.29, 0.717) is 55.9 Å². The van der Waals surface area contributed by atoms with Gasteiger partial charge in [-0.05, 0) is 31.2 Å². The van der Waals surface area contributed by atoms with Gasteiger partial charge in [-0.2, -0.15) is 10.2 Å². The van der Waals surface area contributed by atoms with E-state index < -0.39 is 6.10 Å². The lowest BCUT2D eigenvalue weighted by atomic mass is 9.93. The van der Waals surface area contributed by atoms with Gasteiger partial charge in [0.1, 0.15) is 11.8 Å². The highest BCUT2D eigenvalue weighted by molar-refractivity contribution is 5.92. The third-order valence-electron chi connectivity index (χ3n) is 8.04. The molecular weight excluding hydrogens is 512 g/mol. The van der Waals surface area contributed by atoms with Crippen LogP contribution in [0.1, 0.15) is 91.9 Å². The summed E-state index contributed by atoms with van der Waals surface area (Å²) in [6.45, 7) is 6.76. The highest BCUT2D eigenvalue weighted by atomic mass is 16.5. The first-order chi connectivity index (χ1) is 19.4. The molecule has 0 aliphatic carbocycles. The molecule has 0 aromatic carbocycles. The van der Waals surface area contributed by atoms with E-state index in [2.05, 4.69) is 29.6 Å². The fourth-order valence-corrected chi connectivity index (χ4v) is 5.38. The van der Waals surface area contributed by atoms with Gasteiger partial charge in [0, 0.05) is 45.3 Å². The number of carbonyl (C=O) groups excluding carboxylic acids is 2. The Labute approximate surface area is 234 Å². The number of nitrogens with zero attached hydrogens (tertiary/aromatic N) is 6. The highest BCUT2D eigenvalue weighted by Crippen LogP contribution is 2.29. The predicted octanol–water partition coefficient (Wildman–Crippen LogP) is 2.50. The zero-order chi connectivity index (χ0) is 28.1. The molecule has 12 heteroatoms. The number of ether oxygens (including phenoxy) is 2. The van der Waals surface area contributed by atoms with Crippen molar-refractivity contribution in [1.29, 1.82) is 0 Å². The fourth-order valence-electron chi connectivity index (χ4n) is 5.38. The van der Waals surface area contributed by atoms with Crippen molar-refractivity contribution in [3.8, 4) is 0 Å². The van der Waals surface area contributed by atoms with Crippen molar-refractivity contribution >= 4 is 17.6 Å². The molecule has 2 aliphatic heterocycles. The summed E-state index contributed by atoms with van der Waals surface area (Å²) in [6.07, 6.45) is 8.75. The normalized spacial score (nSPS) is 19.9. The highest BCUT2D eigenvalue weighted by Gasteiger charge is 2.30. The Morgan fingerprint density at radius 2 is 2.05 bits per heavy atom. The van der Waals surface area contributed by atoms with Crippen LogP contribution in [0.4, 0.5) is 0 Å². The van der Waals surface area contributed by atoms with E-state index in [9.17, 15) is 9.59 Å². The molecule has 12 nitrogen and oxygen atoms in total. The molecule has 0 saturated carbocycles. The summed E-state index contributed by atoms with van der Waals surface area (Å²) in [5.41, 5.74) is 2.78. The van der Waals surface area contributed by atoms with Crippen LogP contribution in [-0.4, -0.2) is 73.6 Å². The average molecular weight is 553 g/mol. The Morgan fingerprint density at radius 1 is 1.23 bits per heavy atom. The zero-order valence-electron chi connectivity index (χ0n) is 23.6. The summed E-state index contributed by atoms with van der Waals surface area (Å²) in [4.78, 5) is 35.4. The number of hydrogen-bond acceptors (Lipinski definition) is 8. The van der Waals surface area contributed by atoms with Crippen LogP contribution in [-0.2, 0) is 27.7 Å². The summed E-state index contributed by atoms with van der Waals surface area (Å²) in [5, 5.41) is 15.1. The maximum absolute atomic E-state index is 13.1. The number of hydrogen-bond donors (Lipinski definition) is 2. The second kappa shape index (κ2) is 12.9. The first-order valence-electron chi connectivity index (χ1n) is 14.4. The number of morpholine rings is 1. The molecule has 3 atom stereocenters. The first-order valence-corrected chi connectivity index (χ1v) is 14.4. The minimum absolute atomic E-state index is 0.128. The Kier molecular flexibility index (Phi) is 9.05. The molecule has 2 amide bonds. The molecule has 3 unspecified atom stereocenters. The van der Waals surface area contributed by atoms with Gasteiger partial charge in [-0.25, -0.2) is 14.5 Å². The van der Waals surface area contributed by atoms with Gasteiger partial charge in [0.25, 0.3) is 11.7 Å². The molecule has 40 heavy (non-hydrogen) atoms. The third-order valence-corrected chi connectivity index (χ3v) is 8.04. The minimum atomic E-state index is -0.603. The van der Waals surface area contributed by atoms with Crippen LogP contribution >= 0.6 is 0 Å². The van der Waals surface area contributed by atoms with Gasteiger partial charge in [0.2, 0.25) is 5.91 Å². The van der Waals surface area contributed by atoms with Gasteiger partial charge >= 0.3 is 0 Å². The molecule has 2 fully saturated rings.